The van der Waals surface area contributed by atoms with E-state index in [2.05, 4.69) is 15.5 Å². The Morgan fingerprint density at radius 3 is 2.36 bits per heavy atom. The summed E-state index contributed by atoms with van der Waals surface area (Å²) in [5.41, 5.74) is 1.67. The van der Waals surface area contributed by atoms with Crippen molar-refractivity contribution in [3.05, 3.63) is 47.8 Å². The van der Waals surface area contributed by atoms with Crippen molar-refractivity contribution >= 4 is 11.6 Å². The first-order valence-electron chi connectivity index (χ1n) is 8.64. The van der Waals surface area contributed by atoms with E-state index in [-0.39, 0.29) is 5.91 Å². The molecular formula is C20H21N3O5. The van der Waals surface area contributed by atoms with E-state index < -0.39 is 0 Å². The van der Waals surface area contributed by atoms with E-state index in [0.717, 1.165) is 5.56 Å². The molecule has 0 fully saturated rings. The second-order valence-electron chi connectivity index (χ2n) is 5.82. The summed E-state index contributed by atoms with van der Waals surface area (Å²) < 4.78 is 21.1. The van der Waals surface area contributed by atoms with E-state index in [1.54, 1.807) is 30.3 Å². The molecule has 8 heteroatoms. The number of hydrogen-bond donors (Lipinski definition) is 1. The van der Waals surface area contributed by atoms with E-state index in [1.807, 2.05) is 13.0 Å². The summed E-state index contributed by atoms with van der Waals surface area (Å²) in [6, 6.07) is 10.4. The summed E-state index contributed by atoms with van der Waals surface area (Å²) in [5.74, 6) is 1.93. The van der Waals surface area contributed by atoms with Crippen LogP contribution in [0.25, 0.3) is 11.5 Å². The minimum Gasteiger partial charge on any atom is -0.493 e. The van der Waals surface area contributed by atoms with Gasteiger partial charge in [-0.05, 0) is 30.3 Å². The van der Waals surface area contributed by atoms with Crippen LogP contribution in [0, 0.1) is 0 Å². The lowest BCUT2D eigenvalue weighted by Gasteiger charge is -2.14. The number of benzene rings is 2. The normalized spacial score (nSPS) is 10.4. The van der Waals surface area contributed by atoms with Gasteiger partial charge in [-0.2, -0.15) is 4.98 Å². The van der Waals surface area contributed by atoms with Gasteiger partial charge in [0.05, 0.1) is 21.3 Å². The van der Waals surface area contributed by atoms with Crippen molar-refractivity contribution in [3.63, 3.8) is 0 Å². The summed E-state index contributed by atoms with van der Waals surface area (Å²) in [6.07, 6.45) is 0.682. The Hall–Kier alpha value is -3.55. The molecular weight excluding hydrogens is 362 g/mol. The van der Waals surface area contributed by atoms with Gasteiger partial charge in [-0.3, -0.25) is 4.79 Å². The summed E-state index contributed by atoms with van der Waals surface area (Å²) in [4.78, 5) is 17.0. The zero-order chi connectivity index (χ0) is 20.1. The molecule has 3 rings (SSSR count). The number of nitrogens with zero attached hydrogens (tertiary/aromatic N) is 2. The van der Waals surface area contributed by atoms with Crippen LogP contribution < -0.4 is 19.5 Å². The number of carbonyl (C=O) groups is 1. The maximum atomic E-state index is 12.7. The van der Waals surface area contributed by atoms with Crippen LogP contribution in [0.5, 0.6) is 17.2 Å². The lowest BCUT2D eigenvalue weighted by atomic mass is 10.1. The number of hydrogen-bond acceptors (Lipinski definition) is 7. The van der Waals surface area contributed by atoms with Crippen LogP contribution in [-0.2, 0) is 6.42 Å². The third kappa shape index (κ3) is 3.90. The number of ether oxygens (including phenoxy) is 3. The van der Waals surface area contributed by atoms with Gasteiger partial charge >= 0.3 is 0 Å². The van der Waals surface area contributed by atoms with Crippen LogP contribution in [-0.4, -0.2) is 37.4 Å². The number of methoxy groups -OCH3 is 3. The third-order valence-electron chi connectivity index (χ3n) is 4.08. The standard InChI is InChI=1S/C20H21N3O5/c1-5-17-22-20(28-23-17)12-7-6-8-14(9-12)21-19(24)13-10-15(25-2)18(27-4)16(11-13)26-3/h6-11H,5H2,1-4H3,(H,21,24). The van der Waals surface area contributed by atoms with Crippen LogP contribution in [0.3, 0.4) is 0 Å². The van der Waals surface area contributed by atoms with Gasteiger partial charge in [-0.15, -0.1) is 0 Å². The molecule has 0 bridgehead atoms. The second kappa shape index (κ2) is 8.43. The fraction of sp³-hybridized carbons (Fsp3) is 0.250. The van der Waals surface area contributed by atoms with Gasteiger partial charge in [0.15, 0.2) is 17.3 Å². The molecule has 0 saturated carbocycles. The van der Waals surface area contributed by atoms with Crippen LogP contribution in [0.2, 0.25) is 0 Å². The highest BCUT2D eigenvalue weighted by Gasteiger charge is 2.17. The number of nitrogens with one attached hydrogen (secondary N) is 1. The third-order valence-corrected chi connectivity index (χ3v) is 4.08. The van der Waals surface area contributed by atoms with E-state index in [0.29, 0.717) is 46.6 Å². The lowest BCUT2D eigenvalue weighted by Crippen LogP contribution is -2.12. The molecule has 0 aliphatic rings. The average molecular weight is 383 g/mol. The SMILES string of the molecule is CCc1noc(-c2cccc(NC(=O)c3cc(OC)c(OC)c(OC)c3)c2)n1. The van der Waals surface area contributed by atoms with Crippen molar-refractivity contribution in [2.45, 2.75) is 13.3 Å². The van der Waals surface area contributed by atoms with E-state index in [9.17, 15) is 4.79 Å². The fourth-order valence-corrected chi connectivity index (χ4v) is 2.66. The van der Waals surface area contributed by atoms with Crippen LogP contribution in [0.1, 0.15) is 23.1 Å². The first-order chi connectivity index (χ1) is 13.6. The Morgan fingerprint density at radius 2 is 1.79 bits per heavy atom. The highest BCUT2D eigenvalue weighted by Crippen LogP contribution is 2.38. The zero-order valence-electron chi connectivity index (χ0n) is 16.1. The summed E-state index contributed by atoms with van der Waals surface area (Å²) in [7, 11) is 4.50. The van der Waals surface area contributed by atoms with Crippen LogP contribution in [0.15, 0.2) is 40.9 Å². The van der Waals surface area contributed by atoms with Gasteiger partial charge in [0.25, 0.3) is 11.8 Å². The summed E-state index contributed by atoms with van der Waals surface area (Å²) in [6.45, 7) is 1.95. The van der Waals surface area contributed by atoms with Crippen molar-refractivity contribution in [1.82, 2.24) is 10.1 Å². The maximum absolute atomic E-state index is 12.7. The second-order valence-corrected chi connectivity index (χ2v) is 5.82. The minimum absolute atomic E-state index is 0.323. The van der Waals surface area contributed by atoms with Crippen molar-refractivity contribution in [2.24, 2.45) is 0 Å². The van der Waals surface area contributed by atoms with Gasteiger partial charge in [-0.25, -0.2) is 0 Å². The molecule has 2 aromatic carbocycles. The molecule has 0 aliphatic carbocycles. The van der Waals surface area contributed by atoms with E-state index in [1.165, 1.54) is 21.3 Å². The minimum atomic E-state index is -0.323. The number of amides is 1. The topological polar surface area (TPSA) is 95.7 Å². The number of anilines is 1. The molecule has 146 valence electrons. The predicted octanol–water partition coefficient (Wildman–Crippen LogP) is 3.58. The quantitative estimate of drug-likeness (QED) is 0.666. The Bertz CT molecular complexity index is 958. The van der Waals surface area contributed by atoms with Gasteiger partial charge in [0, 0.05) is 23.2 Å². The Labute approximate surface area is 162 Å². The molecule has 3 aromatic rings. The molecule has 1 heterocycles. The summed E-state index contributed by atoms with van der Waals surface area (Å²) in [5, 5.41) is 6.74. The number of aryl methyl sites for hydroxylation is 1. The monoisotopic (exact) mass is 383 g/mol. The maximum Gasteiger partial charge on any atom is 0.257 e. The van der Waals surface area contributed by atoms with Crippen molar-refractivity contribution in [2.75, 3.05) is 26.6 Å². The first-order valence-corrected chi connectivity index (χ1v) is 8.64. The molecule has 1 amide bonds. The number of carbonyl (C=O) groups excluding carboxylic acids is 1. The lowest BCUT2D eigenvalue weighted by molar-refractivity contribution is 0.102. The first kappa shape index (κ1) is 19.2. The number of rotatable bonds is 7. The Kier molecular flexibility index (Phi) is 5.78. The van der Waals surface area contributed by atoms with Gasteiger partial charge in [0.2, 0.25) is 5.75 Å². The molecule has 0 spiro atoms. The molecule has 0 saturated heterocycles. The number of aromatic nitrogens is 2. The van der Waals surface area contributed by atoms with Gasteiger partial charge < -0.3 is 24.1 Å². The smallest absolute Gasteiger partial charge is 0.257 e. The molecule has 28 heavy (non-hydrogen) atoms. The van der Waals surface area contributed by atoms with Crippen LogP contribution in [0.4, 0.5) is 5.69 Å². The highest BCUT2D eigenvalue weighted by molar-refractivity contribution is 6.05. The van der Waals surface area contributed by atoms with E-state index >= 15 is 0 Å². The largest absolute Gasteiger partial charge is 0.493 e. The molecule has 0 aliphatic heterocycles. The molecule has 0 radical (unpaired) electrons. The van der Waals surface area contributed by atoms with Crippen molar-refractivity contribution in [1.29, 1.82) is 0 Å². The predicted molar refractivity (Wildman–Crippen MR) is 103 cm³/mol. The summed E-state index contributed by atoms with van der Waals surface area (Å²) >= 11 is 0. The molecule has 0 atom stereocenters. The van der Waals surface area contributed by atoms with E-state index in [4.69, 9.17) is 18.7 Å². The molecule has 1 N–H and O–H groups in total. The zero-order valence-corrected chi connectivity index (χ0v) is 16.1. The highest BCUT2D eigenvalue weighted by atomic mass is 16.5. The van der Waals surface area contributed by atoms with Crippen molar-refractivity contribution in [3.8, 4) is 28.7 Å². The van der Waals surface area contributed by atoms with Gasteiger partial charge in [-0.1, -0.05) is 18.1 Å². The van der Waals surface area contributed by atoms with Gasteiger partial charge in [0.1, 0.15) is 0 Å². The Balaban J connectivity index is 1.86. The van der Waals surface area contributed by atoms with Crippen LogP contribution >= 0.6 is 0 Å². The Morgan fingerprint density at radius 1 is 1.07 bits per heavy atom. The average Bonchev–Trinajstić information content (AvgIpc) is 3.22. The molecule has 8 nitrogen and oxygen atoms in total. The molecule has 1 aromatic heterocycles. The van der Waals surface area contributed by atoms with Crippen molar-refractivity contribution < 1.29 is 23.5 Å². The fourth-order valence-electron chi connectivity index (χ4n) is 2.66. The molecule has 0 unspecified atom stereocenters.